The van der Waals surface area contributed by atoms with Gasteiger partial charge >= 0.3 is 129 Å². The summed E-state index contributed by atoms with van der Waals surface area (Å²) in [4.78, 5) is 10.3. The average Bonchev–Trinajstić information content (AvgIpc) is 2.40. The molecule has 1 aromatic rings. The summed E-state index contributed by atoms with van der Waals surface area (Å²) in [6, 6.07) is 8.07. The van der Waals surface area contributed by atoms with E-state index in [0.29, 0.717) is 0 Å². The molecule has 0 aromatic heterocycles. The third-order valence-corrected chi connectivity index (χ3v) is 16.3. The monoisotopic (exact) mass is 383 g/mol. The van der Waals surface area contributed by atoms with Gasteiger partial charge in [0, 0.05) is 0 Å². The summed E-state index contributed by atoms with van der Waals surface area (Å²) in [6.07, 6.45) is 1.32. The summed E-state index contributed by atoms with van der Waals surface area (Å²) in [7, 11) is 4.24. The fourth-order valence-electron chi connectivity index (χ4n) is 1.40. The van der Waals surface area contributed by atoms with Crippen molar-refractivity contribution >= 4 is 71.5 Å². The first-order valence-electron chi connectivity index (χ1n) is 5.42. The van der Waals surface area contributed by atoms with Gasteiger partial charge in [-0.25, -0.2) is 0 Å². The van der Waals surface area contributed by atoms with Crippen molar-refractivity contribution < 1.29 is 4.79 Å². The number of amides is 1. The van der Waals surface area contributed by atoms with E-state index >= 15 is 0 Å². The molecule has 1 amide bonds. The Morgan fingerprint density at radius 3 is 2.39 bits per heavy atom. The number of alkyl halides is 2. The van der Waals surface area contributed by atoms with Crippen LogP contribution in [0, 0.1) is 0 Å². The standard InChI is InChI=1S/C11H12AsCl2NOS2/c13-10(14)11(16)15-9-4-2-8(3-5-9)12-17-6-1-7-18-12/h2-5,10H,1,6-7H2,(H,15,16). The molecule has 1 heterocycles. The molecule has 1 aromatic carbocycles. The first-order valence-corrected chi connectivity index (χ1v) is 13.7. The fourth-order valence-corrected chi connectivity index (χ4v) is 14.6. The second kappa shape index (κ2) is 7.35. The number of carbonyl (C=O) groups is 1. The van der Waals surface area contributed by atoms with E-state index < -0.39 is 17.2 Å². The van der Waals surface area contributed by atoms with Crippen LogP contribution in [-0.4, -0.2) is 34.6 Å². The molecule has 1 N–H and O–H groups in total. The Morgan fingerprint density at radius 2 is 1.83 bits per heavy atom. The van der Waals surface area contributed by atoms with Crippen LogP contribution in [0.25, 0.3) is 0 Å². The summed E-state index contributed by atoms with van der Waals surface area (Å²) in [5.41, 5.74) is 0.746. The number of hydrogen-bond donors (Lipinski definition) is 1. The number of halogens is 2. The van der Waals surface area contributed by atoms with E-state index in [1.165, 1.54) is 22.3 Å². The van der Waals surface area contributed by atoms with Gasteiger partial charge in [0.15, 0.2) is 0 Å². The van der Waals surface area contributed by atoms with Crippen molar-refractivity contribution in [3.05, 3.63) is 24.3 Å². The number of nitrogens with one attached hydrogen (secondary N) is 1. The number of benzene rings is 1. The number of anilines is 1. The molecule has 0 saturated carbocycles. The van der Waals surface area contributed by atoms with Crippen LogP contribution in [0.4, 0.5) is 5.69 Å². The van der Waals surface area contributed by atoms with Gasteiger partial charge in [0.2, 0.25) is 0 Å². The molecule has 0 aliphatic carbocycles. The van der Waals surface area contributed by atoms with E-state index in [4.69, 9.17) is 23.2 Å². The Labute approximate surface area is 128 Å². The molecule has 0 spiro atoms. The minimum atomic E-state index is -1.02. The van der Waals surface area contributed by atoms with Crippen molar-refractivity contribution in [1.29, 1.82) is 0 Å². The molecule has 1 fully saturated rings. The van der Waals surface area contributed by atoms with Crippen LogP contribution in [0.3, 0.4) is 0 Å². The summed E-state index contributed by atoms with van der Waals surface area (Å²) in [6.45, 7) is 0. The predicted octanol–water partition coefficient (Wildman–Crippen LogP) is 2.99. The summed E-state index contributed by atoms with van der Waals surface area (Å²) in [5, 5.41) is 2.67. The molecule has 0 bridgehead atoms. The molecule has 1 saturated heterocycles. The van der Waals surface area contributed by atoms with Gasteiger partial charge in [0.25, 0.3) is 0 Å². The predicted molar refractivity (Wildman–Crippen MR) is 85.5 cm³/mol. The van der Waals surface area contributed by atoms with E-state index in [0.717, 1.165) is 5.69 Å². The Balaban J connectivity index is 1.98. The van der Waals surface area contributed by atoms with E-state index in [9.17, 15) is 4.79 Å². The third kappa shape index (κ3) is 4.28. The molecule has 2 rings (SSSR count). The van der Waals surface area contributed by atoms with Gasteiger partial charge in [0.05, 0.1) is 0 Å². The Kier molecular flexibility index (Phi) is 6.09. The van der Waals surface area contributed by atoms with Crippen LogP contribution < -0.4 is 9.67 Å². The minimum absolute atomic E-state index is 0.384. The first kappa shape index (κ1) is 14.9. The first-order chi connectivity index (χ1) is 8.66. The second-order valence-corrected chi connectivity index (χ2v) is 16.5. The van der Waals surface area contributed by atoms with Gasteiger partial charge in [0.1, 0.15) is 0 Å². The van der Waals surface area contributed by atoms with Gasteiger partial charge < -0.3 is 0 Å². The van der Waals surface area contributed by atoms with Gasteiger partial charge in [-0.15, -0.1) is 0 Å². The molecule has 7 heteroatoms. The molecular formula is C11H12AsCl2NOS2. The molecule has 98 valence electrons. The van der Waals surface area contributed by atoms with Crippen LogP contribution in [0.15, 0.2) is 24.3 Å². The van der Waals surface area contributed by atoms with Gasteiger partial charge in [-0.3, -0.25) is 0 Å². The zero-order valence-corrected chi connectivity index (χ0v) is 14.5. The van der Waals surface area contributed by atoms with Crippen LogP contribution in [-0.2, 0) is 4.79 Å². The van der Waals surface area contributed by atoms with Crippen molar-refractivity contribution in [2.45, 2.75) is 11.3 Å². The quantitative estimate of drug-likeness (QED) is 0.642. The van der Waals surface area contributed by atoms with E-state index in [-0.39, 0.29) is 5.91 Å². The molecular weight excluding hydrogens is 372 g/mol. The van der Waals surface area contributed by atoms with Gasteiger partial charge in [-0.2, -0.15) is 0 Å². The molecule has 1 aliphatic rings. The molecule has 0 radical (unpaired) electrons. The Hall–Kier alpha value is 0.528. The number of carbonyl (C=O) groups excluding carboxylic acids is 1. The Bertz CT molecular complexity index is 410. The van der Waals surface area contributed by atoms with Crippen LogP contribution in [0.2, 0.25) is 0 Å². The molecule has 0 atom stereocenters. The van der Waals surface area contributed by atoms with Gasteiger partial charge in [-0.05, 0) is 0 Å². The molecule has 0 unspecified atom stereocenters. The average molecular weight is 384 g/mol. The van der Waals surface area contributed by atoms with Crippen molar-refractivity contribution in [1.82, 2.24) is 0 Å². The van der Waals surface area contributed by atoms with E-state index in [1.807, 2.05) is 12.1 Å². The Morgan fingerprint density at radius 1 is 1.22 bits per heavy atom. The normalized spacial score (nSPS) is 16.8. The maximum atomic E-state index is 11.3. The molecule has 18 heavy (non-hydrogen) atoms. The third-order valence-electron chi connectivity index (χ3n) is 2.25. The van der Waals surface area contributed by atoms with Crippen LogP contribution >= 0.6 is 43.3 Å². The summed E-state index contributed by atoms with van der Waals surface area (Å²) in [5.74, 6) is 2.18. The molecule has 1 aliphatic heterocycles. The summed E-state index contributed by atoms with van der Waals surface area (Å²) < 4.78 is 1.43. The number of rotatable bonds is 3. The van der Waals surface area contributed by atoms with E-state index in [2.05, 4.69) is 37.5 Å². The van der Waals surface area contributed by atoms with Gasteiger partial charge in [-0.1, -0.05) is 0 Å². The fraction of sp³-hybridized carbons (Fsp3) is 0.364. The summed E-state index contributed by atoms with van der Waals surface area (Å²) >= 11 is 10.0. The second-order valence-electron chi connectivity index (χ2n) is 3.61. The van der Waals surface area contributed by atoms with Crippen molar-refractivity contribution in [3.8, 4) is 0 Å². The van der Waals surface area contributed by atoms with Crippen molar-refractivity contribution in [2.75, 3.05) is 16.8 Å². The van der Waals surface area contributed by atoms with Crippen LogP contribution in [0.1, 0.15) is 6.42 Å². The van der Waals surface area contributed by atoms with Crippen LogP contribution in [0.5, 0.6) is 0 Å². The number of hydrogen-bond acceptors (Lipinski definition) is 3. The maximum absolute atomic E-state index is 11.3. The van der Waals surface area contributed by atoms with Crippen molar-refractivity contribution in [2.24, 2.45) is 0 Å². The topological polar surface area (TPSA) is 29.1 Å². The molecule has 2 nitrogen and oxygen atoms in total. The SMILES string of the molecule is O=C(Nc1ccc([As]2SCCCS2)cc1)C(Cl)Cl. The van der Waals surface area contributed by atoms with E-state index in [1.54, 1.807) is 0 Å². The van der Waals surface area contributed by atoms with Crippen molar-refractivity contribution in [3.63, 3.8) is 0 Å². The zero-order chi connectivity index (χ0) is 13.0. The zero-order valence-electron chi connectivity index (χ0n) is 9.44.